The summed E-state index contributed by atoms with van der Waals surface area (Å²) in [6, 6.07) is 0. The Hall–Kier alpha value is -1.52. The summed E-state index contributed by atoms with van der Waals surface area (Å²) >= 11 is 0. The SMILES string of the molecule is CC(C)(C)OC(=O)N1CC2CC2(c2coc(C3CC3)n2)C1. The third-order valence-corrected chi connectivity index (χ3v) is 4.76. The lowest BCUT2D eigenvalue weighted by Gasteiger charge is -2.26. The van der Waals surface area contributed by atoms with Gasteiger partial charge in [0.15, 0.2) is 5.89 Å². The number of nitrogens with zero attached hydrogens (tertiary/aromatic N) is 2. The number of hydrogen-bond acceptors (Lipinski definition) is 4. The predicted molar refractivity (Wildman–Crippen MR) is 76.1 cm³/mol. The van der Waals surface area contributed by atoms with Gasteiger partial charge < -0.3 is 14.1 Å². The van der Waals surface area contributed by atoms with Crippen LogP contribution in [0.15, 0.2) is 10.7 Å². The first-order chi connectivity index (χ1) is 9.87. The molecule has 0 bridgehead atoms. The Morgan fingerprint density at radius 3 is 2.90 bits per heavy atom. The van der Waals surface area contributed by atoms with Crippen LogP contribution in [-0.4, -0.2) is 34.7 Å². The molecule has 0 aromatic carbocycles. The second kappa shape index (κ2) is 4.02. The number of aromatic nitrogens is 1. The van der Waals surface area contributed by atoms with E-state index in [2.05, 4.69) is 0 Å². The maximum absolute atomic E-state index is 12.2. The van der Waals surface area contributed by atoms with Gasteiger partial charge in [-0.1, -0.05) is 0 Å². The first-order valence-corrected chi connectivity index (χ1v) is 7.81. The van der Waals surface area contributed by atoms with E-state index < -0.39 is 5.60 Å². The van der Waals surface area contributed by atoms with Gasteiger partial charge in [0.1, 0.15) is 11.9 Å². The van der Waals surface area contributed by atoms with E-state index in [0.717, 1.165) is 24.6 Å². The second-order valence-corrected chi connectivity index (χ2v) is 7.76. The summed E-state index contributed by atoms with van der Waals surface area (Å²) in [5, 5.41) is 0. The van der Waals surface area contributed by atoms with E-state index in [1.807, 2.05) is 31.9 Å². The van der Waals surface area contributed by atoms with E-state index in [1.165, 1.54) is 12.8 Å². The van der Waals surface area contributed by atoms with Crippen molar-refractivity contribution >= 4 is 6.09 Å². The summed E-state index contributed by atoms with van der Waals surface area (Å²) in [5.41, 5.74) is 0.637. The molecule has 3 fully saturated rings. The van der Waals surface area contributed by atoms with Crippen LogP contribution in [0.4, 0.5) is 4.79 Å². The molecule has 2 atom stereocenters. The van der Waals surface area contributed by atoms with E-state index in [4.69, 9.17) is 14.1 Å². The number of piperidine rings is 1. The third-order valence-electron chi connectivity index (χ3n) is 4.76. The number of rotatable bonds is 2. The quantitative estimate of drug-likeness (QED) is 0.840. The first-order valence-electron chi connectivity index (χ1n) is 7.81. The van der Waals surface area contributed by atoms with Gasteiger partial charge in [0.05, 0.1) is 5.69 Å². The van der Waals surface area contributed by atoms with Crippen LogP contribution in [0.5, 0.6) is 0 Å². The monoisotopic (exact) mass is 290 g/mol. The highest BCUT2D eigenvalue weighted by atomic mass is 16.6. The topological polar surface area (TPSA) is 55.6 Å². The number of ether oxygens (including phenoxy) is 1. The number of carbonyl (C=O) groups excluding carboxylic acids is 1. The Morgan fingerprint density at radius 1 is 1.48 bits per heavy atom. The number of likely N-dealkylation sites (tertiary alicyclic amines) is 1. The molecule has 3 aliphatic rings. The van der Waals surface area contributed by atoms with Crippen molar-refractivity contribution in [1.82, 2.24) is 9.88 Å². The summed E-state index contributed by atoms with van der Waals surface area (Å²) in [5.74, 6) is 1.94. The van der Waals surface area contributed by atoms with E-state index in [9.17, 15) is 4.79 Å². The van der Waals surface area contributed by atoms with Crippen molar-refractivity contribution in [1.29, 1.82) is 0 Å². The number of oxazole rings is 1. The Balaban J connectivity index is 1.47. The van der Waals surface area contributed by atoms with Crippen molar-refractivity contribution in [3.8, 4) is 0 Å². The molecule has 5 nitrogen and oxygen atoms in total. The molecule has 21 heavy (non-hydrogen) atoms. The van der Waals surface area contributed by atoms with Gasteiger partial charge in [-0.05, 0) is 46.0 Å². The summed E-state index contributed by atoms with van der Waals surface area (Å²) in [6.45, 7) is 7.19. The highest BCUT2D eigenvalue weighted by Gasteiger charge is 2.63. The Bertz CT molecular complexity index is 585. The number of amides is 1. The molecule has 1 aromatic heterocycles. The van der Waals surface area contributed by atoms with Gasteiger partial charge in [0.25, 0.3) is 0 Å². The van der Waals surface area contributed by atoms with Crippen molar-refractivity contribution in [2.45, 2.75) is 57.0 Å². The minimum absolute atomic E-state index is 0.0353. The van der Waals surface area contributed by atoms with Crippen LogP contribution in [0.25, 0.3) is 0 Å². The molecule has 1 amide bonds. The standard InChI is InChI=1S/C16H22N2O3/c1-15(2,3)21-14(19)18-7-11-6-16(11,9-18)12-8-20-13(17-12)10-4-5-10/h8,10-11H,4-7,9H2,1-3H3. The average molecular weight is 290 g/mol. The van der Waals surface area contributed by atoms with Crippen molar-refractivity contribution < 1.29 is 13.9 Å². The average Bonchev–Trinajstić information content (AvgIpc) is 3.27. The van der Waals surface area contributed by atoms with Gasteiger partial charge in [-0.3, -0.25) is 0 Å². The molecule has 5 heteroatoms. The third kappa shape index (κ3) is 2.23. The van der Waals surface area contributed by atoms with Crippen LogP contribution in [0.3, 0.4) is 0 Å². The van der Waals surface area contributed by atoms with Gasteiger partial charge in [-0.2, -0.15) is 0 Å². The maximum atomic E-state index is 12.2. The van der Waals surface area contributed by atoms with E-state index in [1.54, 1.807) is 0 Å². The molecule has 114 valence electrons. The van der Waals surface area contributed by atoms with Gasteiger partial charge in [-0.25, -0.2) is 9.78 Å². The minimum Gasteiger partial charge on any atom is -0.448 e. The summed E-state index contributed by atoms with van der Waals surface area (Å²) in [7, 11) is 0. The Labute approximate surface area is 124 Å². The molecule has 0 N–H and O–H groups in total. The van der Waals surface area contributed by atoms with Crippen molar-refractivity contribution in [2.24, 2.45) is 5.92 Å². The van der Waals surface area contributed by atoms with Crippen LogP contribution in [0, 0.1) is 5.92 Å². The molecule has 1 saturated heterocycles. The number of carbonyl (C=O) groups is 1. The zero-order chi connectivity index (χ0) is 14.8. The maximum Gasteiger partial charge on any atom is 0.410 e. The van der Waals surface area contributed by atoms with E-state index in [-0.39, 0.29) is 11.5 Å². The number of fused-ring (bicyclic) bond motifs is 1. The lowest BCUT2D eigenvalue weighted by Crippen LogP contribution is -2.37. The fourth-order valence-electron chi connectivity index (χ4n) is 3.38. The van der Waals surface area contributed by atoms with Crippen LogP contribution in [0.2, 0.25) is 0 Å². The van der Waals surface area contributed by atoms with Crippen molar-refractivity contribution in [2.75, 3.05) is 13.1 Å². The zero-order valence-corrected chi connectivity index (χ0v) is 12.9. The fraction of sp³-hybridized carbons (Fsp3) is 0.750. The fourth-order valence-corrected chi connectivity index (χ4v) is 3.38. The largest absolute Gasteiger partial charge is 0.448 e. The van der Waals surface area contributed by atoms with Crippen LogP contribution >= 0.6 is 0 Å². The lowest BCUT2D eigenvalue weighted by molar-refractivity contribution is 0.0270. The Kier molecular flexibility index (Phi) is 2.52. The molecule has 2 heterocycles. The molecular weight excluding hydrogens is 268 g/mol. The van der Waals surface area contributed by atoms with E-state index in [0.29, 0.717) is 18.4 Å². The van der Waals surface area contributed by atoms with Crippen LogP contribution in [-0.2, 0) is 10.2 Å². The minimum atomic E-state index is -0.440. The zero-order valence-electron chi connectivity index (χ0n) is 12.9. The smallest absolute Gasteiger partial charge is 0.410 e. The lowest BCUT2D eigenvalue weighted by atomic mass is 10.0. The molecule has 2 saturated carbocycles. The van der Waals surface area contributed by atoms with Crippen molar-refractivity contribution in [3.63, 3.8) is 0 Å². The Morgan fingerprint density at radius 2 is 2.24 bits per heavy atom. The molecule has 1 aliphatic heterocycles. The van der Waals surface area contributed by atoms with Crippen LogP contribution in [0.1, 0.15) is 57.5 Å². The van der Waals surface area contributed by atoms with Crippen LogP contribution < -0.4 is 0 Å². The first kappa shape index (κ1) is 13.2. The van der Waals surface area contributed by atoms with E-state index >= 15 is 0 Å². The molecule has 0 spiro atoms. The summed E-state index contributed by atoms with van der Waals surface area (Å²) in [6.07, 6.45) is 5.11. The molecular formula is C16H22N2O3. The second-order valence-electron chi connectivity index (χ2n) is 7.76. The highest BCUT2D eigenvalue weighted by molar-refractivity contribution is 5.69. The molecule has 2 aliphatic carbocycles. The highest BCUT2D eigenvalue weighted by Crippen LogP contribution is 2.59. The predicted octanol–water partition coefficient (Wildman–Crippen LogP) is 3.06. The molecule has 0 radical (unpaired) electrons. The van der Waals surface area contributed by atoms with Gasteiger partial charge in [-0.15, -0.1) is 0 Å². The normalized spacial score (nSPS) is 31.2. The van der Waals surface area contributed by atoms with Gasteiger partial charge >= 0.3 is 6.09 Å². The van der Waals surface area contributed by atoms with Gasteiger partial charge in [0, 0.05) is 24.4 Å². The summed E-state index contributed by atoms with van der Waals surface area (Å²) in [4.78, 5) is 18.7. The molecule has 4 rings (SSSR count). The molecule has 1 aromatic rings. The van der Waals surface area contributed by atoms with Crippen molar-refractivity contribution in [3.05, 3.63) is 17.8 Å². The molecule has 2 unspecified atom stereocenters. The van der Waals surface area contributed by atoms with Gasteiger partial charge in [0.2, 0.25) is 0 Å². The number of hydrogen-bond donors (Lipinski definition) is 0. The summed E-state index contributed by atoms with van der Waals surface area (Å²) < 4.78 is 11.1.